The number of ether oxygens (including phenoxy) is 1. The minimum absolute atomic E-state index is 0.146. The zero-order chi connectivity index (χ0) is 11.1. The number of pyridine rings is 1. The summed E-state index contributed by atoms with van der Waals surface area (Å²) in [5.74, 6) is 0. The van der Waals surface area contributed by atoms with Gasteiger partial charge in [-0.15, -0.1) is 0 Å². The van der Waals surface area contributed by atoms with Crippen LogP contribution in [0.3, 0.4) is 0 Å². The minimum atomic E-state index is 0.146. The maximum absolute atomic E-state index is 5.97. The number of hydrogen-bond acceptors (Lipinski definition) is 3. The second-order valence-corrected chi connectivity index (χ2v) is 4.38. The van der Waals surface area contributed by atoms with E-state index in [1.807, 2.05) is 19.2 Å². The van der Waals surface area contributed by atoms with Gasteiger partial charge in [0.05, 0.1) is 0 Å². The van der Waals surface area contributed by atoms with Gasteiger partial charge in [-0.3, -0.25) is 4.98 Å². The van der Waals surface area contributed by atoms with E-state index in [-0.39, 0.29) is 6.04 Å². The number of nitrogens with zero attached hydrogens (tertiary/aromatic N) is 1. The molecule has 0 spiro atoms. The van der Waals surface area contributed by atoms with E-state index in [1.54, 1.807) is 6.20 Å². The molecule has 0 saturated carbocycles. The normalized spacial score (nSPS) is 12.7. The summed E-state index contributed by atoms with van der Waals surface area (Å²) >= 11 is 3.39. The first-order valence-corrected chi connectivity index (χ1v) is 5.94. The van der Waals surface area contributed by atoms with E-state index in [1.165, 1.54) is 0 Å². The van der Waals surface area contributed by atoms with Gasteiger partial charge in [0.2, 0.25) is 0 Å². The van der Waals surface area contributed by atoms with Crippen molar-refractivity contribution in [2.75, 3.05) is 13.2 Å². The van der Waals surface area contributed by atoms with E-state index in [2.05, 4.69) is 20.9 Å². The summed E-state index contributed by atoms with van der Waals surface area (Å²) < 4.78 is 6.26. The molecule has 1 rings (SSSR count). The molecule has 1 aromatic rings. The molecule has 1 atom stereocenters. The summed E-state index contributed by atoms with van der Waals surface area (Å²) in [5.41, 5.74) is 7.13. The lowest BCUT2D eigenvalue weighted by Gasteiger charge is -2.11. The number of halogens is 1. The highest BCUT2D eigenvalue weighted by molar-refractivity contribution is 9.10. The van der Waals surface area contributed by atoms with Gasteiger partial charge < -0.3 is 10.5 Å². The highest BCUT2D eigenvalue weighted by Gasteiger charge is 2.04. The molecule has 0 aliphatic heterocycles. The lowest BCUT2D eigenvalue weighted by molar-refractivity contribution is 0.140. The van der Waals surface area contributed by atoms with Crippen LogP contribution < -0.4 is 5.73 Å². The smallest absolute Gasteiger partial charge is 0.0480 e. The van der Waals surface area contributed by atoms with Crippen molar-refractivity contribution in [2.45, 2.75) is 25.8 Å². The lowest BCUT2D eigenvalue weighted by atomic mass is 10.1. The molecule has 1 heterocycles. The Morgan fingerprint density at radius 2 is 2.33 bits per heavy atom. The first kappa shape index (κ1) is 12.6. The number of aromatic nitrogens is 1. The Bertz CT molecular complexity index is 294. The largest absolute Gasteiger partial charge is 0.382 e. The molecule has 0 radical (unpaired) electrons. The fourth-order valence-electron chi connectivity index (χ4n) is 1.35. The predicted octanol–water partition coefficient (Wildman–Crippen LogP) is 2.14. The van der Waals surface area contributed by atoms with E-state index in [0.717, 1.165) is 36.1 Å². The van der Waals surface area contributed by atoms with Crippen molar-refractivity contribution in [3.8, 4) is 0 Å². The van der Waals surface area contributed by atoms with Crippen LogP contribution in [0.25, 0.3) is 0 Å². The van der Waals surface area contributed by atoms with Gasteiger partial charge in [-0.25, -0.2) is 0 Å². The molecule has 0 aliphatic rings. The van der Waals surface area contributed by atoms with E-state index < -0.39 is 0 Å². The van der Waals surface area contributed by atoms with Crippen LogP contribution in [0.2, 0.25) is 0 Å². The summed E-state index contributed by atoms with van der Waals surface area (Å²) in [4.78, 5) is 4.10. The Labute approximate surface area is 99.2 Å². The minimum Gasteiger partial charge on any atom is -0.382 e. The second kappa shape index (κ2) is 6.93. The molecule has 0 aromatic carbocycles. The molecule has 0 amide bonds. The zero-order valence-electron chi connectivity index (χ0n) is 8.95. The lowest BCUT2D eigenvalue weighted by Crippen LogP contribution is -2.24. The molecule has 2 N–H and O–H groups in total. The molecule has 15 heavy (non-hydrogen) atoms. The summed E-state index contributed by atoms with van der Waals surface area (Å²) in [6.45, 7) is 3.48. The standard InChI is InChI=1S/C11H17BrN2O/c1-2-15-4-3-11(13)6-9-5-10(12)8-14-7-9/h5,7-8,11H,2-4,6,13H2,1H3. The van der Waals surface area contributed by atoms with Crippen LogP contribution in [0, 0.1) is 0 Å². The van der Waals surface area contributed by atoms with Crippen molar-refractivity contribution in [1.82, 2.24) is 4.98 Å². The molecule has 0 fully saturated rings. The molecular formula is C11H17BrN2O. The number of hydrogen-bond donors (Lipinski definition) is 1. The van der Waals surface area contributed by atoms with Crippen LogP contribution in [0.4, 0.5) is 0 Å². The third-order valence-electron chi connectivity index (χ3n) is 2.10. The molecule has 1 unspecified atom stereocenters. The van der Waals surface area contributed by atoms with Crippen LogP contribution in [0.5, 0.6) is 0 Å². The maximum Gasteiger partial charge on any atom is 0.0480 e. The summed E-state index contributed by atoms with van der Waals surface area (Å²) in [5, 5.41) is 0. The highest BCUT2D eigenvalue weighted by Crippen LogP contribution is 2.11. The Morgan fingerprint density at radius 3 is 3.00 bits per heavy atom. The Hall–Kier alpha value is -0.450. The van der Waals surface area contributed by atoms with Gasteiger partial charge in [-0.1, -0.05) is 0 Å². The summed E-state index contributed by atoms with van der Waals surface area (Å²) in [7, 11) is 0. The molecule has 0 saturated heterocycles. The highest BCUT2D eigenvalue weighted by atomic mass is 79.9. The van der Waals surface area contributed by atoms with Gasteiger partial charge in [0.1, 0.15) is 0 Å². The van der Waals surface area contributed by atoms with E-state index in [0.29, 0.717) is 0 Å². The Morgan fingerprint density at radius 1 is 1.53 bits per heavy atom. The van der Waals surface area contributed by atoms with E-state index >= 15 is 0 Å². The molecular weight excluding hydrogens is 256 g/mol. The predicted molar refractivity (Wildman–Crippen MR) is 64.7 cm³/mol. The fraction of sp³-hybridized carbons (Fsp3) is 0.545. The van der Waals surface area contributed by atoms with Gasteiger partial charge in [-0.05, 0) is 47.3 Å². The van der Waals surface area contributed by atoms with Crippen molar-refractivity contribution in [2.24, 2.45) is 5.73 Å². The molecule has 4 heteroatoms. The monoisotopic (exact) mass is 272 g/mol. The van der Waals surface area contributed by atoms with Crippen LogP contribution in [-0.2, 0) is 11.2 Å². The van der Waals surface area contributed by atoms with Gasteiger partial charge in [-0.2, -0.15) is 0 Å². The van der Waals surface area contributed by atoms with Crippen LogP contribution >= 0.6 is 15.9 Å². The topological polar surface area (TPSA) is 48.1 Å². The average molecular weight is 273 g/mol. The summed E-state index contributed by atoms with van der Waals surface area (Å²) in [6, 6.07) is 2.20. The van der Waals surface area contributed by atoms with E-state index in [9.17, 15) is 0 Å². The van der Waals surface area contributed by atoms with Gasteiger partial charge in [0, 0.05) is 36.1 Å². The first-order valence-electron chi connectivity index (χ1n) is 5.15. The molecule has 1 aromatic heterocycles. The third-order valence-corrected chi connectivity index (χ3v) is 2.53. The van der Waals surface area contributed by atoms with Gasteiger partial charge in [0.15, 0.2) is 0 Å². The second-order valence-electron chi connectivity index (χ2n) is 3.46. The average Bonchev–Trinajstić information content (AvgIpc) is 2.18. The third kappa shape index (κ3) is 5.25. The SMILES string of the molecule is CCOCCC(N)Cc1cncc(Br)c1. The van der Waals surface area contributed by atoms with Crippen molar-refractivity contribution in [3.05, 3.63) is 28.5 Å². The number of nitrogens with two attached hydrogens (primary N) is 1. The quantitative estimate of drug-likeness (QED) is 0.808. The summed E-state index contributed by atoms with van der Waals surface area (Å²) in [6.07, 6.45) is 5.36. The van der Waals surface area contributed by atoms with Crippen LogP contribution in [-0.4, -0.2) is 24.2 Å². The Balaban J connectivity index is 2.34. The molecule has 84 valence electrons. The van der Waals surface area contributed by atoms with Crippen LogP contribution in [0.15, 0.2) is 22.9 Å². The van der Waals surface area contributed by atoms with Crippen molar-refractivity contribution < 1.29 is 4.74 Å². The van der Waals surface area contributed by atoms with Crippen LogP contribution in [0.1, 0.15) is 18.9 Å². The van der Waals surface area contributed by atoms with Gasteiger partial charge >= 0.3 is 0 Å². The first-order chi connectivity index (χ1) is 7.22. The zero-order valence-corrected chi connectivity index (χ0v) is 10.5. The Kier molecular flexibility index (Phi) is 5.83. The number of rotatable bonds is 6. The fourth-order valence-corrected chi connectivity index (χ4v) is 1.76. The van der Waals surface area contributed by atoms with Gasteiger partial charge in [0.25, 0.3) is 0 Å². The van der Waals surface area contributed by atoms with E-state index in [4.69, 9.17) is 10.5 Å². The van der Waals surface area contributed by atoms with Crippen molar-refractivity contribution in [1.29, 1.82) is 0 Å². The van der Waals surface area contributed by atoms with Crippen molar-refractivity contribution >= 4 is 15.9 Å². The maximum atomic E-state index is 5.97. The molecule has 0 aliphatic carbocycles. The van der Waals surface area contributed by atoms with Crippen molar-refractivity contribution in [3.63, 3.8) is 0 Å². The molecule has 3 nitrogen and oxygen atoms in total. The molecule has 0 bridgehead atoms.